The molecule has 0 saturated heterocycles. The minimum atomic E-state index is 0.0154. The van der Waals surface area contributed by atoms with E-state index >= 15 is 0 Å². The fraction of sp³-hybridized carbons (Fsp3) is 0.571. The number of nitrogens with one attached hydrogen (secondary N) is 1. The molecule has 1 aromatic carbocycles. The fourth-order valence-electron chi connectivity index (χ4n) is 1.99. The van der Waals surface area contributed by atoms with Crippen LogP contribution in [0.25, 0.3) is 0 Å². The molecule has 3 heteroatoms. The average Bonchev–Trinajstić information content (AvgIpc) is 3.15. The monoisotopic (exact) mass is 251 g/mol. The molecule has 0 spiro atoms. The molecule has 0 unspecified atom stereocenters. The molecule has 1 N–H and O–H groups in total. The molecule has 1 aromatic rings. The van der Waals surface area contributed by atoms with Crippen LogP contribution < -0.4 is 10.1 Å². The summed E-state index contributed by atoms with van der Waals surface area (Å²) in [7, 11) is 0. The molecule has 0 atom stereocenters. The Bertz CT molecular complexity index is 424. The number of hydrogen-bond acceptors (Lipinski definition) is 2. The van der Waals surface area contributed by atoms with Gasteiger partial charge in [0.1, 0.15) is 11.4 Å². The third-order valence-electron chi connectivity index (χ3n) is 3.51. The van der Waals surface area contributed by atoms with Gasteiger partial charge >= 0.3 is 0 Å². The van der Waals surface area contributed by atoms with Gasteiger partial charge in [0.2, 0.25) is 0 Å². The molecule has 2 aliphatic carbocycles. The first kappa shape index (κ1) is 11.4. The largest absolute Gasteiger partial charge is 0.484 e. The van der Waals surface area contributed by atoms with Gasteiger partial charge in [0, 0.05) is 12.6 Å². The van der Waals surface area contributed by atoms with Crippen molar-refractivity contribution in [2.24, 2.45) is 0 Å². The van der Waals surface area contributed by atoms with Crippen LogP contribution in [0.2, 0.25) is 5.02 Å². The maximum absolute atomic E-state index is 6.19. The van der Waals surface area contributed by atoms with Crippen LogP contribution in [0.5, 0.6) is 5.75 Å². The molecular weight excluding hydrogens is 234 g/mol. The quantitative estimate of drug-likeness (QED) is 0.867. The smallest absolute Gasteiger partial charge is 0.138 e. The second-order valence-corrected chi connectivity index (χ2v) is 5.78. The zero-order chi connectivity index (χ0) is 11.9. The van der Waals surface area contributed by atoms with Gasteiger partial charge in [0.15, 0.2) is 0 Å². The van der Waals surface area contributed by atoms with Crippen molar-refractivity contribution in [3.63, 3.8) is 0 Å². The normalized spacial score (nSPS) is 21.3. The van der Waals surface area contributed by atoms with E-state index in [1.807, 2.05) is 25.1 Å². The van der Waals surface area contributed by atoms with Gasteiger partial charge in [0.25, 0.3) is 0 Å². The van der Waals surface area contributed by atoms with E-state index < -0.39 is 0 Å². The molecule has 2 saturated carbocycles. The molecule has 2 nitrogen and oxygen atoms in total. The van der Waals surface area contributed by atoms with Gasteiger partial charge in [-0.1, -0.05) is 17.7 Å². The Morgan fingerprint density at radius 2 is 2.18 bits per heavy atom. The zero-order valence-electron chi connectivity index (χ0n) is 10.1. The maximum Gasteiger partial charge on any atom is 0.138 e. The molecule has 17 heavy (non-hydrogen) atoms. The number of ether oxygens (including phenoxy) is 1. The van der Waals surface area contributed by atoms with Gasteiger partial charge in [-0.05, 0) is 50.3 Å². The highest BCUT2D eigenvalue weighted by atomic mass is 35.5. The van der Waals surface area contributed by atoms with Crippen LogP contribution in [0.3, 0.4) is 0 Å². The van der Waals surface area contributed by atoms with Crippen molar-refractivity contribution in [3.05, 3.63) is 28.8 Å². The Morgan fingerprint density at radius 1 is 1.41 bits per heavy atom. The SMILES string of the molecule is Cc1ccc(OC2(CNC3CC3)CC2)c(Cl)c1. The van der Waals surface area contributed by atoms with Crippen molar-refractivity contribution in [1.29, 1.82) is 0 Å². The Balaban J connectivity index is 1.64. The second kappa shape index (κ2) is 4.18. The van der Waals surface area contributed by atoms with E-state index in [2.05, 4.69) is 5.32 Å². The van der Waals surface area contributed by atoms with Crippen LogP contribution in [-0.2, 0) is 0 Å². The van der Waals surface area contributed by atoms with Crippen molar-refractivity contribution in [2.45, 2.75) is 44.2 Å². The Morgan fingerprint density at radius 3 is 2.76 bits per heavy atom. The number of hydrogen-bond donors (Lipinski definition) is 1. The molecule has 0 radical (unpaired) electrons. The van der Waals surface area contributed by atoms with Crippen LogP contribution >= 0.6 is 11.6 Å². The van der Waals surface area contributed by atoms with Crippen molar-refractivity contribution < 1.29 is 4.74 Å². The summed E-state index contributed by atoms with van der Waals surface area (Å²) in [6.07, 6.45) is 4.91. The molecular formula is C14H18ClNO. The summed E-state index contributed by atoms with van der Waals surface area (Å²) < 4.78 is 6.08. The lowest BCUT2D eigenvalue weighted by Crippen LogP contribution is -2.34. The Labute approximate surface area is 107 Å². The lowest BCUT2D eigenvalue weighted by Gasteiger charge is -2.19. The summed E-state index contributed by atoms with van der Waals surface area (Å²) in [5, 5.41) is 4.27. The zero-order valence-corrected chi connectivity index (χ0v) is 10.9. The molecule has 3 rings (SSSR count). The van der Waals surface area contributed by atoms with E-state index in [-0.39, 0.29) is 5.60 Å². The maximum atomic E-state index is 6.19. The van der Waals surface area contributed by atoms with Crippen LogP contribution in [0.4, 0.5) is 0 Å². The highest BCUT2D eigenvalue weighted by molar-refractivity contribution is 6.32. The van der Waals surface area contributed by atoms with Gasteiger partial charge < -0.3 is 10.1 Å². The first-order valence-electron chi connectivity index (χ1n) is 6.35. The van der Waals surface area contributed by atoms with E-state index in [9.17, 15) is 0 Å². The molecule has 0 bridgehead atoms. The van der Waals surface area contributed by atoms with E-state index in [0.29, 0.717) is 0 Å². The number of rotatable bonds is 5. The van der Waals surface area contributed by atoms with Crippen LogP contribution in [0.1, 0.15) is 31.2 Å². The van der Waals surface area contributed by atoms with E-state index in [1.165, 1.54) is 18.4 Å². The van der Waals surface area contributed by atoms with Crippen LogP contribution in [0, 0.1) is 6.92 Å². The minimum Gasteiger partial charge on any atom is -0.484 e. The molecule has 0 heterocycles. The third-order valence-corrected chi connectivity index (χ3v) is 3.81. The highest BCUT2D eigenvalue weighted by Crippen LogP contribution is 2.42. The topological polar surface area (TPSA) is 21.3 Å². The summed E-state index contributed by atoms with van der Waals surface area (Å²) in [5.41, 5.74) is 1.19. The molecule has 2 fully saturated rings. The lowest BCUT2D eigenvalue weighted by atomic mass is 10.2. The van der Waals surface area contributed by atoms with Gasteiger partial charge in [-0.3, -0.25) is 0 Å². The van der Waals surface area contributed by atoms with Crippen molar-refractivity contribution >= 4 is 11.6 Å². The molecule has 0 amide bonds. The minimum absolute atomic E-state index is 0.0154. The van der Waals surface area contributed by atoms with E-state index in [0.717, 1.165) is 36.2 Å². The van der Waals surface area contributed by atoms with Crippen molar-refractivity contribution in [2.75, 3.05) is 6.54 Å². The van der Waals surface area contributed by atoms with Crippen molar-refractivity contribution in [1.82, 2.24) is 5.32 Å². The summed E-state index contributed by atoms with van der Waals surface area (Å²) in [6, 6.07) is 6.73. The van der Waals surface area contributed by atoms with Crippen LogP contribution in [-0.4, -0.2) is 18.2 Å². The first-order chi connectivity index (χ1) is 8.17. The van der Waals surface area contributed by atoms with E-state index in [1.54, 1.807) is 0 Å². The summed E-state index contributed by atoms with van der Waals surface area (Å²) >= 11 is 6.19. The summed E-state index contributed by atoms with van der Waals surface area (Å²) in [5.74, 6) is 0.826. The first-order valence-corrected chi connectivity index (χ1v) is 6.73. The second-order valence-electron chi connectivity index (χ2n) is 5.37. The predicted molar refractivity (Wildman–Crippen MR) is 69.8 cm³/mol. The lowest BCUT2D eigenvalue weighted by molar-refractivity contribution is 0.175. The van der Waals surface area contributed by atoms with Crippen molar-refractivity contribution in [3.8, 4) is 5.75 Å². The Kier molecular flexibility index (Phi) is 2.80. The van der Waals surface area contributed by atoms with Gasteiger partial charge in [0.05, 0.1) is 5.02 Å². The third kappa shape index (κ3) is 2.75. The Hall–Kier alpha value is -0.730. The predicted octanol–water partition coefficient (Wildman–Crippen LogP) is 3.31. The summed E-state index contributed by atoms with van der Waals surface area (Å²) in [4.78, 5) is 0. The average molecular weight is 252 g/mol. The van der Waals surface area contributed by atoms with Gasteiger partial charge in [-0.25, -0.2) is 0 Å². The molecule has 0 aromatic heterocycles. The van der Waals surface area contributed by atoms with E-state index in [4.69, 9.17) is 16.3 Å². The molecule has 92 valence electrons. The molecule has 0 aliphatic heterocycles. The summed E-state index contributed by atoms with van der Waals surface area (Å²) in [6.45, 7) is 3.00. The van der Waals surface area contributed by atoms with Crippen LogP contribution in [0.15, 0.2) is 18.2 Å². The van der Waals surface area contributed by atoms with Gasteiger partial charge in [-0.2, -0.15) is 0 Å². The standard InChI is InChI=1S/C14H18ClNO/c1-10-2-5-13(12(15)8-10)17-14(6-7-14)9-16-11-3-4-11/h2,5,8,11,16H,3-4,6-7,9H2,1H3. The fourth-order valence-corrected chi connectivity index (χ4v) is 2.27. The number of halogens is 1. The number of aryl methyl sites for hydroxylation is 1. The molecule has 2 aliphatic rings. The number of benzene rings is 1. The van der Waals surface area contributed by atoms with Gasteiger partial charge in [-0.15, -0.1) is 0 Å². The highest BCUT2D eigenvalue weighted by Gasteiger charge is 2.46.